The predicted octanol–water partition coefficient (Wildman–Crippen LogP) is 3.60. The van der Waals surface area contributed by atoms with Crippen molar-refractivity contribution in [3.05, 3.63) is 31.1 Å². The van der Waals surface area contributed by atoms with E-state index in [0.717, 1.165) is 18.8 Å². The van der Waals surface area contributed by atoms with Crippen LogP contribution >= 0.6 is 0 Å². The molecule has 1 fully saturated rings. The van der Waals surface area contributed by atoms with Gasteiger partial charge < -0.3 is 5.32 Å². The number of nitrogens with one attached hydrogen (secondary N) is 1. The summed E-state index contributed by atoms with van der Waals surface area (Å²) in [5, 5.41) is 2.95. The molecule has 0 atom stereocenters. The average Bonchev–Trinajstić information content (AvgIpc) is 3.15. The summed E-state index contributed by atoms with van der Waals surface area (Å²) < 4.78 is 1.79. The van der Waals surface area contributed by atoms with E-state index in [1.807, 2.05) is 6.20 Å². The third-order valence-electron chi connectivity index (χ3n) is 4.86. The summed E-state index contributed by atoms with van der Waals surface area (Å²) in [5.74, 6) is 2.24. The fourth-order valence-electron chi connectivity index (χ4n) is 3.39. The van der Waals surface area contributed by atoms with Crippen molar-refractivity contribution in [2.45, 2.75) is 51.9 Å². The molecule has 0 aromatic carbocycles. The molecule has 0 spiro atoms. The van der Waals surface area contributed by atoms with Crippen LogP contribution in [0.2, 0.25) is 0 Å². The Morgan fingerprint density at radius 3 is 2.83 bits per heavy atom. The van der Waals surface area contributed by atoms with Crippen LogP contribution in [0, 0.1) is 11.8 Å². The molecule has 1 aliphatic rings. The van der Waals surface area contributed by atoms with Crippen LogP contribution in [-0.4, -0.2) is 25.4 Å². The fraction of sp³-hybridized carbons (Fsp3) is 0.556. The number of rotatable bonds is 6. The molecule has 2 heterocycles. The number of anilines is 1. The van der Waals surface area contributed by atoms with E-state index in [0.29, 0.717) is 11.6 Å². The number of nitrogens with zero attached hydrogens (tertiary/aromatic N) is 4. The Labute approximate surface area is 142 Å². The van der Waals surface area contributed by atoms with Gasteiger partial charge in [-0.25, -0.2) is 15.0 Å². The molecule has 6 heteroatoms. The summed E-state index contributed by atoms with van der Waals surface area (Å²) in [6.45, 7) is 2.23. The second-order valence-corrected chi connectivity index (χ2v) is 6.58. The molecule has 1 saturated carbocycles. The lowest BCUT2D eigenvalue weighted by Gasteiger charge is -2.27. The van der Waals surface area contributed by atoms with E-state index in [4.69, 9.17) is 0 Å². The minimum Gasteiger partial charge on any atom is -0.310 e. The molecule has 24 heavy (non-hydrogen) atoms. The normalized spacial score (nSPS) is 20.7. The van der Waals surface area contributed by atoms with Crippen LogP contribution in [0.5, 0.6) is 0 Å². The topological polar surface area (TPSA) is 72.7 Å². The first-order valence-corrected chi connectivity index (χ1v) is 8.87. The minimum absolute atomic E-state index is 0.0826. The highest BCUT2D eigenvalue weighted by Gasteiger charge is 2.26. The molecule has 0 unspecified atom stereocenters. The molecule has 128 valence electrons. The molecular formula is C18H25N5O. The van der Waals surface area contributed by atoms with Gasteiger partial charge in [0.05, 0.1) is 0 Å². The van der Waals surface area contributed by atoms with E-state index in [1.54, 1.807) is 23.2 Å². The molecule has 1 amide bonds. The van der Waals surface area contributed by atoms with Gasteiger partial charge in [-0.15, -0.1) is 0 Å². The van der Waals surface area contributed by atoms with Crippen molar-refractivity contribution in [3.63, 3.8) is 0 Å². The van der Waals surface area contributed by atoms with Gasteiger partial charge in [-0.05, 0) is 31.6 Å². The first-order valence-electron chi connectivity index (χ1n) is 8.87. The highest BCUT2D eigenvalue weighted by molar-refractivity contribution is 5.91. The lowest BCUT2D eigenvalue weighted by molar-refractivity contribution is -0.121. The lowest BCUT2D eigenvalue weighted by Crippen LogP contribution is -2.27. The second kappa shape index (κ2) is 8.04. The maximum Gasteiger partial charge on any atom is 0.228 e. The van der Waals surface area contributed by atoms with Gasteiger partial charge in [-0.1, -0.05) is 26.2 Å². The third-order valence-corrected chi connectivity index (χ3v) is 4.86. The van der Waals surface area contributed by atoms with Crippen molar-refractivity contribution < 1.29 is 4.79 Å². The molecule has 3 rings (SSSR count). The largest absolute Gasteiger partial charge is 0.310 e. The minimum atomic E-state index is 0.0826. The summed E-state index contributed by atoms with van der Waals surface area (Å²) in [4.78, 5) is 24.9. The van der Waals surface area contributed by atoms with Crippen molar-refractivity contribution in [1.29, 1.82) is 0 Å². The number of amides is 1. The molecule has 0 bridgehead atoms. The van der Waals surface area contributed by atoms with E-state index in [2.05, 4.69) is 27.2 Å². The van der Waals surface area contributed by atoms with E-state index < -0.39 is 0 Å². The van der Waals surface area contributed by atoms with Gasteiger partial charge in [-0.2, -0.15) is 0 Å². The van der Waals surface area contributed by atoms with Crippen LogP contribution in [-0.2, 0) is 4.79 Å². The average molecular weight is 327 g/mol. The summed E-state index contributed by atoms with van der Waals surface area (Å²) in [6.07, 6.45) is 14.8. The second-order valence-electron chi connectivity index (χ2n) is 6.58. The quantitative estimate of drug-likeness (QED) is 0.880. The Morgan fingerprint density at radius 1 is 1.29 bits per heavy atom. The maximum atomic E-state index is 12.5. The van der Waals surface area contributed by atoms with Crippen molar-refractivity contribution in [2.75, 3.05) is 5.32 Å². The maximum absolute atomic E-state index is 12.5. The van der Waals surface area contributed by atoms with Crippen LogP contribution in [0.4, 0.5) is 5.82 Å². The van der Waals surface area contributed by atoms with Crippen LogP contribution in [0.15, 0.2) is 31.1 Å². The zero-order chi connectivity index (χ0) is 16.8. The Hall–Kier alpha value is -2.24. The first kappa shape index (κ1) is 16.6. The zero-order valence-corrected chi connectivity index (χ0v) is 14.2. The van der Waals surface area contributed by atoms with E-state index in [9.17, 15) is 4.79 Å². The summed E-state index contributed by atoms with van der Waals surface area (Å²) in [5.41, 5.74) is 0. The Bertz CT molecular complexity index is 647. The van der Waals surface area contributed by atoms with Crippen molar-refractivity contribution >= 4 is 11.7 Å². The van der Waals surface area contributed by atoms with Crippen LogP contribution in [0.3, 0.4) is 0 Å². The first-order chi connectivity index (χ1) is 11.8. The van der Waals surface area contributed by atoms with Gasteiger partial charge in [0.25, 0.3) is 0 Å². The van der Waals surface area contributed by atoms with Crippen molar-refractivity contribution in [1.82, 2.24) is 19.5 Å². The summed E-state index contributed by atoms with van der Waals surface area (Å²) >= 11 is 0. The van der Waals surface area contributed by atoms with E-state index in [1.165, 1.54) is 38.4 Å². The Kier molecular flexibility index (Phi) is 5.56. The predicted molar refractivity (Wildman–Crippen MR) is 92.8 cm³/mol. The monoisotopic (exact) mass is 327 g/mol. The van der Waals surface area contributed by atoms with Crippen molar-refractivity contribution in [3.8, 4) is 5.82 Å². The van der Waals surface area contributed by atoms with Gasteiger partial charge >= 0.3 is 0 Å². The van der Waals surface area contributed by atoms with Gasteiger partial charge in [0.15, 0.2) is 0 Å². The van der Waals surface area contributed by atoms with Crippen LogP contribution in [0.25, 0.3) is 5.82 Å². The molecule has 1 aliphatic carbocycles. The van der Waals surface area contributed by atoms with E-state index in [-0.39, 0.29) is 11.8 Å². The van der Waals surface area contributed by atoms with Crippen LogP contribution < -0.4 is 5.32 Å². The fourth-order valence-corrected chi connectivity index (χ4v) is 3.39. The number of unbranched alkanes of at least 4 members (excludes halogenated alkanes) is 1. The Morgan fingerprint density at radius 2 is 2.12 bits per heavy atom. The van der Waals surface area contributed by atoms with Crippen LogP contribution in [0.1, 0.15) is 51.9 Å². The number of carbonyl (C=O) groups is 1. The molecule has 0 saturated heterocycles. The smallest absolute Gasteiger partial charge is 0.228 e. The standard InChI is InChI=1S/C18H25N5O/c1-2-3-4-14-5-7-15(8-6-14)18(24)22-16-11-17(21-12-20-16)23-10-9-19-13-23/h9-15H,2-8H2,1H3,(H,20,21,22,24). The zero-order valence-electron chi connectivity index (χ0n) is 14.2. The highest BCUT2D eigenvalue weighted by atomic mass is 16.1. The van der Waals surface area contributed by atoms with Gasteiger partial charge in [0.1, 0.15) is 24.3 Å². The highest BCUT2D eigenvalue weighted by Crippen LogP contribution is 2.32. The van der Waals surface area contributed by atoms with Gasteiger partial charge in [0, 0.05) is 24.4 Å². The molecule has 6 nitrogen and oxygen atoms in total. The number of hydrogen-bond donors (Lipinski definition) is 1. The molecule has 2 aromatic heterocycles. The number of carbonyl (C=O) groups excluding carboxylic acids is 1. The number of hydrogen-bond acceptors (Lipinski definition) is 4. The molecule has 2 aromatic rings. The SMILES string of the molecule is CCCCC1CCC(C(=O)Nc2cc(-n3ccnc3)ncn2)CC1. The molecule has 1 N–H and O–H groups in total. The van der Waals surface area contributed by atoms with E-state index >= 15 is 0 Å². The molecular weight excluding hydrogens is 302 g/mol. The third kappa shape index (κ3) is 4.19. The lowest BCUT2D eigenvalue weighted by atomic mass is 9.79. The Balaban J connectivity index is 1.55. The van der Waals surface area contributed by atoms with Gasteiger partial charge in [-0.3, -0.25) is 9.36 Å². The van der Waals surface area contributed by atoms with Crippen molar-refractivity contribution in [2.24, 2.45) is 11.8 Å². The summed E-state index contributed by atoms with van der Waals surface area (Å²) in [7, 11) is 0. The summed E-state index contributed by atoms with van der Waals surface area (Å²) in [6, 6.07) is 1.77. The number of imidazole rings is 1. The number of aromatic nitrogens is 4. The molecule has 0 radical (unpaired) electrons. The van der Waals surface area contributed by atoms with Gasteiger partial charge in [0.2, 0.25) is 5.91 Å². The molecule has 0 aliphatic heterocycles.